The molecule has 5 nitrogen and oxygen atoms in total. The highest BCUT2D eigenvalue weighted by atomic mass is 35.5. The van der Waals surface area contributed by atoms with Gasteiger partial charge < -0.3 is 15.4 Å². The fourth-order valence-electron chi connectivity index (χ4n) is 1.66. The number of nitrogens with zero attached hydrogens (tertiary/aromatic N) is 1. The van der Waals surface area contributed by atoms with E-state index < -0.39 is 6.03 Å². The molecule has 0 spiro atoms. The van der Waals surface area contributed by atoms with Crippen LogP contribution < -0.4 is 15.4 Å². The van der Waals surface area contributed by atoms with Gasteiger partial charge in [-0.1, -0.05) is 46.4 Å². The number of nitrogens with one attached hydrogen (secondary N) is 2. The van der Waals surface area contributed by atoms with E-state index in [1.54, 1.807) is 0 Å². The molecule has 1 aromatic carbocycles. The number of amides is 2. The maximum absolute atomic E-state index is 11.9. The SMILES string of the molecule is COc1c(Cl)cc(NC(=O)Nc2cc(Cl)nc(Cl)c2)cc1Cl. The number of ether oxygens (including phenoxy) is 1. The first-order chi connectivity index (χ1) is 10.4. The Morgan fingerprint density at radius 2 is 1.41 bits per heavy atom. The van der Waals surface area contributed by atoms with Crippen molar-refractivity contribution in [2.45, 2.75) is 0 Å². The van der Waals surface area contributed by atoms with Crippen molar-refractivity contribution in [2.24, 2.45) is 0 Å². The number of methoxy groups -OCH3 is 1. The van der Waals surface area contributed by atoms with Crippen LogP contribution >= 0.6 is 46.4 Å². The molecule has 0 atom stereocenters. The summed E-state index contributed by atoms with van der Waals surface area (Å²) in [7, 11) is 1.45. The lowest BCUT2D eigenvalue weighted by molar-refractivity contribution is 0.262. The van der Waals surface area contributed by atoms with Crippen LogP contribution in [0.3, 0.4) is 0 Å². The third kappa shape index (κ3) is 4.30. The van der Waals surface area contributed by atoms with Crippen molar-refractivity contribution < 1.29 is 9.53 Å². The Morgan fingerprint density at radius 1 is 0.955 bits per heavy atom. The molecule has 0 radical (unpaired) electrons. The molecule has 2 aromatic rings. The van der Waals surface area contributed by atoms with E-state index in [2.05, 4.69) is 15.6 Å². The highest BCUT2D eigenvalue weighted by molar-refractivity contribution is 6.37. The number of anilines is 2. The molecule has 0 aliphatic heterocycles. The minimum Gasteiger partial charge on any atom is -0.494 e. The normalized spacial score (nSPS) is 10.2. The predicted molar refractivity (Wildman–Crippen MR) is 89.9 cm³/mol. The fraction of sp³-hybridized carbons (Fsp3) is 0.0769. The lowest BCUT2D eigenvalue weighted by Gasteiger charge is -2.11. The molecule has 9 heteroatoms. The van der Waals surface area contributed by atoms with E-state index in [4.69, 9.17) is 51.1 Å². The second kappa shape index (κ2) is 7.24. The number of benzene rings is 1. The van der Waals surface area contributed by atoms with Crippen molar-refractivity contribution in [1.29, 1.82) is 0 Å². The summed E-state index contributed by atoms with van der Waals surface area (Å²) in [5.41, 5.74) is 0.799. The van der Waals surface area contributed by atoms with E-state index >= 15 is 0 Å². The van der Waals surface area contributed by atoms with Crippen LogP contribution in [0.2, 0.25) is 20.4 Å². The van der Waals surface area contributed by atoms with Crippen molar-refractivity contribution in [3.05, 3.63) is 44.6 Å². The Labute approximate surface area is 146 Å². The molecule has 0 fully saturated rings. The quantitative estimate of drug-likeness (QED) is 0.705. The summed E-state index contributed by atoms with van der Waals surface area (Å²) in [6.45, 7) is 0. The lowest BCUT2D eigenvalue weighted by atomic mass is 10.3. The number of hydrogen-bond acceptors (Lipinski definition) is 3. The number of aromatic nitrogens is 1. The van der Waals surface area contributed by atoms with Crippen LogP contribution in [0.15, 0.2) is 24.3 Å². The lowest BCUT2D eigenvalue weighted by Crippen LogP contribution is -2.19. The molecule has 2 N–H and O–H groups in total. The third-order valence-corrected chi connectivity index (χ3v) is 3.43. The zero-order valence-electron chi connectivity index (χ0n) is 11.1. The number of pyridine rings is 1. The molecule has 0 unspecified atom stereocenters. The number of carbonyl (C=O) groups is 1. The second-order valence-corrected chi connectivity index (χ2v) is 5.64. The first-order valence-corrected chi connectivity index (χ1v) is 7.34. The van der Waals surface area contributed by atoms with Crippen LogP contribution in [0.25, 0.3) is 0 Å². The minimum atomic E-state index is -0.518. The molecule has 0 bridgehead atoms. The summed E-state index contributed by atoms with van der Waals surface area (Å²) in [5.74, 6) is 0.335. The Balaban J connectivity index is 2.12. The average Bonchev–Trinajstić information content (AvgIpc) is 2.36. The maximum Gasteiger partial charge on any atom is 0.323 e. The largest absolute Gasteiger partial charge is 0.494 e. The van der Waals surface area contributed by atoms with Gasteiger partial charge in [0.1, 0.15) is 10.3 Å². The first kappa shape index (κ1) is 17.0. The molecule has 2 amide bonds. The monoisotopic (exact) mass is 379 g/mol. The average molecular weight is 381 g/mol. The van der Waals surface area contributed by atoms with Crippen molar-refractivity contribution in [2.75, 3.05) is 17.7 Å². The van der Waals surface area contributed by atoms with E-state index in [0.29, 0.717) is 17.1 Å². The Kier molecular flexibility index (Phi) is 5.58. The number of rotatable bonds is 3. The standard InChI is InChI=1S/C13H9Cl4N3O2/c1-22-12-8(14)2-6(3-9(12)15)18-13(21)19-7-4-10(16)20-11(17)5-7/h2-5H,1H3,(H2,18,19,20,21). The molecule has 0 saturated carbocycles. The molecule has 0 saturated heterocycles. The van der Waals surface area contributed by atoms with Crippen LogP contribution in [0.4, 0.5) is 16.2 Å². The topological polar surface area (TPSA) is 63.2 Å². The van der Waals surface area contributed by atoms with Gasteiger partial charge in [0.15, 0.2) is 5.75 Å². The predicted octanol–water partition coefficient (Wildman–Crippen LogP) is 5.35. The van der Waals surface area contributed by atoms with Gasteiger partial charge in [0.05, 0.1) is 17.2 Å². The molecule has 0 aliphatic carbocycles. The molecule has 116 valence electrons. The van der Waals surface area contributed by atoms with Crippen molar-refractivity contribution in [3.8, 4) is 5.75 Å². The van der Waals surface area contributed by atoms with Crippen LogP contribution in [-0.4, -0.2) is 18.1 Å². The van der Waals surface area contributed by atoms with E-state index in [1.165, 1.54) is 31.4 Å². The van der Waals surface area contributed by atoms with Crippen LogP contribution in [0.1, 0.15) is 0 Å². The van der Waals surface area contributed by atoms with Gasteiger partial charge in [0, 0.05) is 11.4 Å². The summed E-state index contributed by atoms with van der Waals surface area (Å²) in [5, 5.41) is 6.03. The third-order valence-electron chi connectivity index (χ3n) is 2.48. The van der Waals surface area contributed by atoms with Gasteiger partial charge in [-0.2, -0.15) is 0 Å². The molecule has 1 heterocycles. The fourth-order valence-corrected chi connectivity index (χ4v) is 2.76. The highest BCUT2D eigenvalue weighted by Gasteiger charge is 2.11. The molecule has 1 aromatic heterocycles. The smallest absolute Gasteiger partial charge is 0.323 e. The van der Waals surface area contributed by atoms with Crippen LogP contribution in [0.5, 0.6) is 5.75 Å². The van der Waals surface area contributed by atoms with Crippen LogP contribution in [-0.2, 0) is 0 Å². The summed E-state index contributed by atoms with van der Waals surface area (Å²) < 4.78 is 5.03. The molecule has 2 rings (SSSR count). The summed E-state index contributed by atoms with van der Waals surface area (Å²) in [6.07, 6.45) is 0. The number of halogens is 4. The summed E-state index contributed by atoms with van der Waals surface area (Å²) >= 11 is 23.5. The van der Waals surface area contributed by atoms with E-state index in [9.17, 15) is 4.79 Å². The van der Waals surface area contributed by atoms with Gasteiger partial charge >= 0.3 is 6.03 Å². The summed E-state index contributed by atoms with van der Waals surface area (Å²) in [4.78, 5) is 15.7. The Morgan fingerprint density at radius 3 is 1.86 bits per heavy atom. The Hall–Kier alpha value is -1.40. The number of urea groups is 1. The maximum atomic E-state index is 11.9. The molecule has 22 heavy (non-hydrogen) atoms. The first-order valence-electron chi connectivity index (χ1n) is 5.83. The van der Waals surface area contributed by atoms with E-state index in [1.807, 2.05) is 0 Å². The number of hydrogen-bond donors (Lipinski definition) is 2. The van der Waals surface area contributed by atoms with Gasteiger partial charge in [-0.3, -0.25) is 0 Å². The highest BCUT2D eigenvalue weighted by Crippen LogP contribution is 2.35. The number of carbonyl (C=O) groups excluding carboxylic acids is 1. The molecular weight excluding hydrogens is 372 g/mol. The van der Waals surface area contributed by atoms with Gasteiger partial charge in [-0.05, 0) is 24.3 Å². The zero-order valence-corrected chi connectivity index (χ0v) is 14.1. The van der Waals surface area contributed by atoms with Gasteiger partial charge in [0.2, 0.25) is 0 Å². The van der Waals surface area contributed by atoms with Gasteiger partial charge in [0.25, 0.3) is 0 Å². The van der Waals surface area contributed by atoms with Gasteiger partial charge in [-0.25, -0.2) is 9.78 Å². The molecule has 0 aliphatic rings. The van der Waals surface area contributed by atoms with Crippen molar-refractivity contribution in [3.63, 3.8) is 0 Å². The molecular formula is C13H9Cl4N3O2. The van der Waals surface area contributed by atoms with E-state index in [-0.39, 0.29) is 20.4 Å². The summed E-state index contributed by atoms with van der Waals surface area (Å²) in [6, 6.07) is 5.43. The Bertz CT molecular complexity index is 681. The van der Waals surface area contributed by atoms with E-state index in [0.717, 1.165) is 0 Å². The van der Waals surface area contributed by atoms with Crippen LogP contribution in [0, 0.1) is 0 Å². The van der Waals surface area contributed by atoms with Crippen molar-refractivity contribution in [1.82, 2.24) is 4.98 Å². The zero-order chi connectivity index (χ0) is 16.3. The second-order valence-electron chi connectivity index (χ2n) is 4.05. The van der Waals surface area contributed by atoms with Crippen molar-refractivity contribution >= 4 is 63.8 Å². The van der Waals surface area contributed by atoms with Gasteiger partial charge in [-0.15, -0.1) is 0 Å². The minimum absolute atomic E-state index is 0.165.